The summed E-state index contributed by atoms with van der Waals surface area (Å²) in [4.78, 5) is 0. The molecule has 1 aliphatic carbocycles. The first-order chi connectivity index (χ1) is 7.16. The third kappa shape index (κ3) is 2.65. The zero-order valence-corrected chi connectivity index (χ0v) is 11.5. The minimum absolute atomic E-state index is 0.458. The zero-order valence-electron chi connectivity index (χ0n) is 9.35. The summed E-state index contributed by atoms with van der Waals surface area (Å²) in [5.74, 6) is 1.08. The maximum absolute atomic E-state index is 6.06. The molecule has 0 aromatic heterocycles. The van der Waals surface area contributed by atoms with E-state index in [2.05, 4.69) is 48.6 Å². The molecule has 1 aliphatic rings. The van der Waals surface area contributed by atoms with Crippen LogP contribution < -0.4 is 4.74 Å². The number of rotatable bonds is 2. The molecular formula is C13H17IO. The normalized spacial score (nSPS) is 17.0. The maximum atomic E-state index is 6.06. The Morgan fingerprint density at radius 2 is 1.87 bits per heavy atom. The molecule has 0 N–H and O–H groups in total. The molecule has 0 radical (unpaired) electrons. The second-order valence-electron chi connectivity index (χ2n) is 4.42. The van der Waals surface area contributed by atoms with Gasteiger partial charge in [0.15, 0.2) is 0 Å². The first kappa shape index (κ1) is 11.2. The van der Waals surface area contributed by atoms with Crippen LogP contribution in [0.5, 0.6) is 5.75 Å². The monoisotopic (exact) mass is 316 g/mol. The van der Waals surface area contributed by atoms with Gasteiger partial charge in [0.05, 0.1) is 9.67 Å². The standard InChI is InChI=1S/C13H17IO/c1-9-7-10(2)13(14)12(8-9)15-11-5-3-4-6-11/h7-8,11H,3-6H2,1-2H3. The molecule has 2 heteroatoms. The van der Waals surface area contributed by atoms with Gasteiger partial charge in [-0.15, -0.1) is 0 Å². The molecule has 1 fully saturated rings. The van der Waals surface area contributed by atoms with Gasteiger partial charge in [-0.1, -0.05) is 6.07 Å². The van der Waals surface area contributed by atoms with Gasteiger partial charge in [0.25, 0.3) is 0 Å². The largest absolute Gasteiger partial charge is 0.489 e. The Balaban J connectivity index is 2.19. The Kier molecular flexibility index (Phi) is 3.54. The zero-order chi connectivity index (χ0) is 10.8. The Morgan fingerprint density at radius 3 is 2.53 bits per heavy atom. The van der Waals surface area contributed by atoms with Crippen LogP contribution >= 0.6 is 22.6 Å². The Labute approximate surface area is 105 Å². The number of hydrogen-bond acceptors (Lipinski definition) is 1. The topological polar surface area (TPSA) is 9.23 Å². The van der Waals surface area contributed by atoms with E-state index in [1.165, 1.54) is 40.4 Å². The lowest BCUT2D eigenvalue weighted by atomic mass is 10.1. The number of ether oxygens (including phenoxy) is 1. The van der Waals surface area contributed by atoms with Crippen molar-refractivity contribution in [3.8, 4) is 5.75 Å². The fourth-order valence-corrected chi connectivity index (χ4v) is 2.62. The van der Waals surface area contributed by atoms with Gasteiger partial charge in [0.1, 0.15) is 5.75 Å². The maximum Gasteiger partial charge on any atom is 0.133 e. The van der Waals surface area contributed by atoms with Crippen molar-refractivity contribution in [3.05, 3.63) is 26.8 Å². The van der Waals surface area contributed by atoms with Gasteiger partial charge in [-0.2, -0.15) is 0 Å². The van der Waals surface area contributed by atoms with Crippen LogP contribution in [0.4, 0.5) is 0 Å². The number of benzene rings is 1. The Bertz CT molecular complexity index is 354. The molecule has 0 atom stereocenters. The molecule has 0 unspecified atom stereocenters. The molecule has 0 bridgehead atoms. The van der Waals surface area contributed by atoms with Crippen molar-refractivity contribution in [1.29, 1.82) is 0 Å². The predicted molar refractivity (Wildman–Crippen MR) is 71.5 cm³/mol. The molecule has 1 nitrogen and oxygen atoms in total. The highest BCUT2D eigenvalue weighted by Gasteiger charge is 2.18. The fourth-order valence-electron chi connectivity index (χ4n) is 2.18. The summed E-state index contributed by atoms with van der Waals surface area (Å²) in [6, 6.07) is 4.37. The molecule has 1 saturated carbocycles. The smallest absolute Gasteiger partial charge is 0.133 e. The molecule has 1 aromatic carbocycles. The molecule has 0 saturated heterocycles. The molecule has 0 aliphatic heterocycles. The molecule has 1 aromatic rings. The lowest BCUT2D eigenvalue weighted by Gasteiger charge is -2.16. The van der Waals surface area contributed by atoms with Gasteiger partial charge in [0.2, 0.25) is 0 Å². The fraction of sp³-hybridized carbons (Fsp3) is 0.538. The summed E-state index contributed by atoms with van der Waals surface area (Å²) >= 11 is 2.38. The van der Waals surface area contributed by atoms with E-state index in [-0.39, 0.29) is 0 Å². The minimum Gasteiger partial charge on any atom is -0.489 e. The van der Waals surface area contributed by atoms with Crippen molar-refractivity contribution < 1.29 is 4.74 Å². The van der Waals surface area contributed by atoms with E-state index in [4.69, 9.17) is 4.74 Å². The molecule has 82 valence electrons. The van der Waals surface area contributed by atoms with Gasteiger partial charge in [-0.05, 0) is 79.3 Å². The summed E-state index contributed by atoms with van der Waals surface area (Å²) in [5, 5.41) is 0. The highest BCUT2D eigenvalue weighted by atomic mass is 127. The van der Waals surface area contributed by atoms with Gasteiger partial charge >= 0.3 is 0 Å². The van der Waals surface area contributed by atoms with E-state index >= 15 is 0 Å². The first-order valence-electron chi connectivity index (χ1n) is 5.60. The third-order valence-corrected chi connectivity index (χ3v) is 4.34. The minimum atomic E-state index is 0.458. The van der Waals surface area contributed by atoms with E-state index in [9.17, 15) is 0 Å². The van der Waals surface area contributed by atoms with Gasteiger partial charge in [-0.3, -0.25) is 0 Å². The van der Waals surface area contributed by atoms with Crippen molar-refractivity contribution in [1.82, 2.24) is 0 Å². The van der Waals surface area contributed by atoms with Crippen LogP contribution in [-0.4, -0.2) is 6.10 Å². The number of halogens is 1. The van der Waals surface area contributed by atoms with E-state index in [1.54, 1.807) is 0 Å². The lowest BCUT2D eigenvalue weighted by Crippen LogP contribution is -2.12. The molecule has 2 rings (SSSR count). The molecule has 0 heterocycles. The van der Waals surface area contributed by atoms with E-state index in [1.807, 2.05) is 0 Å². The van der Waals surface area contributed by atoms with Crippen LogP contribution in [0.2, 0.25) is 0 Å². The summed E-state index contributed by atoms with van der Waals surface area (Å²) in [6.07, 6.45) is 5.56. The lowest BCUT2D eigenvalue weighted by molar-refractivity contribution is 0.208. The van der Waals surface area contributed by atoms with E-state index in [0.29, 0.717) is 6.10 Å². The van der Waals surface area contributed by atoms with E-state index in [0.717, 1.165) is 5.75 Å². The van der Waals surface area contributed by atoms with Crippen molar-refractivity contribution in [3.63, 3.8) is 0 Å². The van der Waals surface area contributed by atoms with Crippen molar-refractivity contribution >= 4 is 22.6 Å². The van der Waals surface area contributed by atoms with Crippen molar-refractivity contribution in [2.45, 2.75) is 45.6 Å². The third-order valence-electron chi connectivity index (χ3n) is 2.96. The number of aryl methyl sites for hydroxylation is 2. The Morgan fingerprint density at radius 1 is 1.20 bits per heavy atom. The molecular weight excluding hydrogens is 299 g/mol. The highest BCUT2D eigenvalue weighted by molar-refractivity contribution is 14.1. The highest BCUT2D eigenvalue weighted by Crippen LogP contribution is 2.30. The van der Waals surface area contributed by atoms with E-state index < -0.39 is 0 Å². The van der Waals surface area contributed by atoms with Gasteiger partial charge in [-0.25, -0.2) is 0 Å². The molecule has 0 spiro atoms. The van der Waals surface area contributed by atoms with Crippen LogP contribution in [0.15, 0.2) is 12.1 Å². The quantitative estimate of drug-likeness (QED) is 0.742. The van der Waals surface area contributed by atoms with Crippen molar-refractivity contribution in [2.75, 3.05) is 0 Å². The van der Waals surface area contributed by atoms with Gasteiger partial charge < -0.3 is 4.74 Å². The first-order valence-corrected chi connectivity index (χ1v) is 6.68. The second kappa shape index (κ2) is 4.73. The van der Waals surface area contributed by atoms with Crippen LogP contribution in [0, 0.1) is 17.4 Å². The van der Waals surface area contributed by atoms with Crippen LogP contribution in [0.1, 0.15) is 36.8 Å². The van der Waals surface area contributed by atoms with Crippen LogP contribution in [-0.2, 0) is 0 Å². The van der Waals surface area contributed by atoms with Crippen molar-refractivity contribution in [2.24, 2.45) is 0 Å². The molecule has 15 heavy (non-hydrogen) atoms. The number of hydrogen-bond donors (Lipinski definition) is 0. The average Bonchev–Trinajstić information content (AvgIpc) is 2.66. The Hall–Kier alpha value is -0.250. The predicted octanol–water partition coefficient (Wildman–Crippen LogP) is 4.23. The second-order valence-corrected chi connectivity index (χ2v) is 5.50. The summed E-state index contributed by atoms with van der Waals surface area (Å²) in [7, 11) is 0. The SMILES string of the molecule is Cc1cc(C)c(I)c(OC2CCCC2)c1. The van der Waals surface area contributed by atoms with Crippen LogP contribution in [0.25, 0.3) is 0 Å². The summed E-state index contributed by atoms with van der Waals surface area (Å²) in [6.45, 7) is 4.28. The summed E-state index contributed by atoms with van der Waals surface area (Å²) in [5.41, 5.74) is 2.62. The average molecular weight is 316 g/mol. The van der Waals surface area contributed by atoms with Crippen LogP contribution in [0.3, 0.4) is 0 Å². The molecule has 0 amide bonds. The van der Waals surface area contributed by atoms with Gasteiger partial charge in [0, 0.05) is 0 Å². The summed E-state index contributed by atoms with van der Waals surface area (Å²) < 4.78 is 7.33.